The molecule has 0 bridgehead atoms. The smallest absolute Gasteiger partial charge is 0.00540 e. The van der Waals surface area contributed by atoms with E-state index in [1.54, 1.807) is 0 Å². The molecule has 2 heteroatoms. The Kier molecular flexibility index (Phi) is 11.0. The minimum Gasteiger partial charge on any atom is -0.0683 e. The highest BCUT2D eigenvalue weighted by Crippen LogP contribution is 2.65. The van der Waals surface area contributed by atoms with Crippen molar-refractivity contribution < 1.29 is 0 Å². The van der Waals surface area contributed by atoms with Crippen molar-refractivity contribution in [3.05, 3.63) is 24.3 Å². The molecule has 32 heavy (non-hydrogen) atoms. The summed E-state index contributed by atoms with van der Waals surface area (Å²) in [6.07, 6.45) is 26.2. The van der Waals surface area contributed by atoms with Crippen LogP contribution in [0.25, 0.3) is 0 Å². The average molecular weight is 475 g/mol. The van der Waals surface area contributed by atoms with E-state index < -0.39 is 0 Å². The minimum atomic E-state index is 0.000949. The molecular formula is C30H52P2. The normalized spacial score (nSPS) is 24.2. The summed E-state index contributed by atoms with van der Waals surface area (Å²) < 4.78 is 0. The van der Waals surface area contributed by atoms with Crippen LogP contribution in [-0.2, 0) is 0 Å². The fourth-order valence-electron chi connectivity index (χ4n) is 6.86. The average Bonchev–Trinajstić information content (AvgIpc) is 3.43. The zero-order valence-corrected chi connectivity index (χ0v) is 23.7. The monoisotopic (exact) mass is 474 g/mol. The molecule has 1 aromatic rings. The highest BCUT2D eigenvalue weighted by Gasteiger charge is 2.46. The molecule has 2 aliphatic rings. The fourth-order valence-corrected chi connectivity index (χ4v) is 14.8. The molecule has 0 N–H and O–H groups in total. The molecule has 182 valence electrons. The van der Waals surface area contributed by atoms with Gasteiger partial charge in [0, 0.05) is 0 Å². The van der Waals surface area contributed by atoms with Crippen molar-refractivity contribution in [3.8, 4) is 0 Å². The Labute approximate surface area is 203 Å². The Bertz CT molecular complexity index is 594. The molecule has 0 saturated carbocycles. The summed E-state index contributed by atoms with van der Waals surface area (Å²) in [5.74, 6) is 0. The van der Waals surface area contributed by atoms with Gasteiger partial charge in [0.05, 0.1) is 0 Å². The van der Waals surface area contributed by atoms with Crippen molar-refractivity contribution in [3.63, 3.8) is 0 Å². The Morgan fingerprint density at radius 3 is 1.25 bits per heavy atom. The van der Waals surface area contributed by atoms with Gasteiger partial charge >= 0.3 is 0 Å². The lowest BCUT2D eigenvalue weighted by atomic mass is 9.91. The quantitative estimate of drug-likeness (QED) is 0.235. The van der Waals surface area contributed by atoms with Gasteiger partial charge in [-0.25, -0.2) is 0 Å². The van der Waals surface area contributed by atoms with Gasteiger partial charge in [-0.1, -0.05) is 119 Å². The third kappa shape index (κ3) is 6.01. The Morgan fingerprint density at radius 1 is 0.594 bits per heavy atom. The summed E-state index contributed by atoms with van der Waals surface area (Å²) >= 11 is 0. The van der Waals surface area contributed by atoms with Crippen molar-refractivity contribution in [2.24, 2.45) is 0 Å². The topological polar surface area (TPSA) is 0 Å². The number of rotatable bonds is 14. The molecule has 0 radical (unpaired) electrons. The first-order chi connectivity index (χ1) is 15.7. The molecule has 2 heterocycles. The molecule has 2 unspecified atom stereocenters. The first kappa shape index (κ1) is 26.7. The van der Waals surface area contributed by atoms with E-state index >= 15 is 0 Å². The van der Waals surface area contributed by atoms with Gasteiger partial charge in [0.2, 0.25) is 0 Å². The predicted molar refractivity (Wildman–Crippen MR) is 151 cm³/mol. The Balaban J connectivity index is 1.97. The van der Waals surface area contributed by atoms with Crippen LogP contribution in [0.1, 0.15) is 130 Å². The second kappa shape index (κ2) is 13.2. The standard InChI is InChI=1S/C30H52P2/c1-5-9-19-29(20-10-6-2)23-15-25-31(29)27-17-13-14-18-28(27)32-26-16-24-30(32,21-11-7-3)22-12-8-4/h13-14,17-18H,5-12,15-16,19-26H2,1-4H3. The van der Waals surface area contributed by atoms with Crippen molar-refractivity contribution >= 4 is 26.5 Å². The van der Waals surface area contributed by atoms with E-state index in [4.69, 9.17) is 0 Å². The van der Waals surface area contributed by atoms with E-state index in [9.17, 15) is 0 Å². The third-order valence-corrected chi connectivity index (χ3v) is 15.9. The zero-order chi connectivity index (χ0) is 22.9. The molecule has 0 aromatic heterocycles. The largest absolute Gasteiger partial charge is 0.0683 e. The second-order valence-corrected chi connectivity index (χ2v) is 16.3. The maximum atomic E-state index is 2.63. The van der Waals surface area contributed by atoms with Gasteiger partial charge in [-0.05, 0) is 84.6 Å². The van der Waals surface area contributed by atoms with Crippen LogP contribution in [-0.4, -0.2) is 22.6 Å². The van der Waals surface area contributed by atoms with Crippen LogP contribution in [0.4, 0.5) is 0 Å². The van der Waals surface area contributed by atoms with Crippen LogP contribution in [0.5, 0.6) is 0 Å². The number of benzene rings is 1. The van der Waals surface area contributed by atoms with Crippen molar-refractivity contribution in [2.75, 3.05) is 12.3 Å². The summed E-state index contributed by atoms with van der Waals surface area (Å²) in [6, 6.07) is 10.1. The highest BCUT2D eigenvalue weighted by atomic mass is 31.1. The molecule has 0 nitrogen and oxygen atoms in total. The van der Waals surface area contributed by atoms with Crippen LogP contribution >= 0.6 is 15.8 Å². The van der Waals surface area contributed by atoms with Gasteiger partial charge in [-0.15, -0.1) is 0 Å². The van der Waals surface area contributed by atoms with Crippen LogP contribution in [0.15, 0.2) is 24.3 Å². The van der Waals surface area contributed by atoms with Gasteiger partial charge in [-0.3, -0.25) is 0 Å². The SMILES string of the molecule is CCCCC1(CCCC)CCCP1c1ccccc1P1CCCC1(CCCC)CCCC. The lowest BCUT2D eigenvalue weighted by molar-refractivity contribution is 0.445. The third-order valence-electron chi connectivity index (χ3n) is 8.64. The van der Waals surface area contributed by atoms with Crippen LogP contribution < -0.4 is 10.6 Å². The predicted octanol–water partition coefficient (Wildman–Crippen LogP) is 9.73. The summed E-state index contributed by atoms with van der Waals surface area (Å²) in [6.45, 7) is 9.60. The first-order valence-electron chi connectivity index (χ1n) is 14.3. The van der Waals surface area contributed by atoms with Gasteiger partial charge in [0.1, 0.15) is 0 Å². The maximum Gasteiger partial charge on any atom is -0.00540 e. The fraction of sp³-hybridized carbons (Fsp3) is 0.800. The van der Waals surface area contributed by atoms with Gasteiger partial charge in [-0.2, -0.15) is 0 Å². The van der Waals surface area contributed by atoms with E-state index in [2.05, 4.69) is 52.0 Å². The molecule has 2 aliphatic heterocycles. The van der Waals surface area contributed by atoms with E-state index in [0.29, 0.717) is 10.3 Å². The van der Waals surface area contributed by atoms with E-state index in [-0.39, 0.29) is 15.8 Å². The summed E-state index contributed by atoms with van der Waals surface area (Å²) in [7, 11) is 0.00190. The summed E-state index contributed by atoms with van der Waals surface area (Å²) in [4.78, 5) is 0. The molecule has 3 rings (SSSR count). The van der Waals surface area contributed by atoms with E-state index in [1.807, 2.05) is 10.6 Å². The van der Waals surface area contributed by atoms with Crippen molar-refractivity contribution in [1.29, 1.82) is 0 Å². The number of hydrogen-bond donors (Lipinski definition) is 0. The summed E-state index contributed by atoms with van der Waals surface area (Å²) in [5.41, 5.74) is 0. The molecule has 0 spiro atoms. The summed E-state index contributed by atoms with van der Waals surface area (Å²) in [5, 5.41) is 5.08. The maximum absolute atomic E-state index is 2.63. The van der Waals surface area contributed by atoms with Crippen LogP contribution in [0, 0.1) is 0 Å². The molecule has 2 saturated heterocycles. The first-order valence-corrected chi connectivity index (χ1v) is 17.4. The Morgan fingerprint density at radius 2 is 0.938 bits per heavy atom. The number of unbranched alkanes of at least 4 members (excludes halogenated alkanes) is 4. The van der Waals surface area contributed by atoms with Crippen molar-refractivity contribution in [2.45, 2.75) is 141 Å². The molecule has 2 atom stereocenters. The van der Waals surface area contributed by atoms with E-state index in [1.165, 1.54) is 115 Å². The molecule has 0 aliphatic carbocycles. The van der Waals surface area contributed by atoms with Crippen molar-refractivity contribution in [1.82, 2.24) is 0 Å². The molecule has 0 amide bonds. The van der Waals surface area contributed by atoms with Gasteiger partial charge < -0.3 is 0 Å². The molecule has 2 fully saturated rings. The highest BCUT2D eigenvalue weighted by molar-refractivity contribution is 7.73. The van der Waals surface area contributed by atoms with Gasteiger partial charge in [0.25, 0.3) is 0 Å². The van der Waals surface area contributed by atoms with E-state index in [0.717, 1.165) is 0 Å². The molecule has 1 aromatic carbocycles. The molecular weight excluding hydrogens is 422 g/mol. The second-order valence-electron chi connectivity index (χ2n) is 10.9. The lowest BCUT2D eigenvalue weighted by Crippen LogP contribution is -2.36. The lowest BCUT2D eigenvalue weighted by Gasteiger charge is -2.41. The van der Waals surface area contributed by atoms with Gasteiger partial charge in [0.15, 0.2) is 0 Å². The Hall–Kier alpha value is 0.0800. The number of hydrogen-bond acceptors (Lipinski definition) is 0. The minimum absolute atomic E-state index is 0.000949. The zero-order valence-electron chi connectivity index (χ0n) is 21.9. The van der Waals surface area contributed by atoms with Crippen LogP contribution in [0.3, 0.4) is 0 Å². The van der Waals surface area contributed by atoms with Crippen LogP contribution in [0.2, 0.25) is 0 Å².